The van der Waals surface area contributed by atoms with Crippen molar-refractivity contribution in [3.8, 4) is 0 Å². The van der Waals surface area contributed by atoms with E-state index in [1.165, 1.54) is 45.2 Å². The van der Waals surface area contributed by atoms with Crippen molar-refractivity contribution in [3.63, 3.8) is 0 Å². The number of likely N-dealkylation sites (tertiary alicyclic amines) is 1. The van der Waals surface area contributed by atoms with Gasteiger partial charge in [-0.15, -0.1) is 0 Å². The first kappa shape index (κ1) is 17.3. The molecule has 0 saturated carbocycles. The Morgan fingerprint density at radius 2 is 2.05 bits per heavy atom. The largest absolute Gasteiger partial charge is 0.355 e. The highest BCUT2D eigenvalue weighted by molar-refractivity contribution is 5.80. The molecule has 118 valence electrons. The average molecular weight is 282 g/mol. The smallest absolute Gasteiger partial charge is 0.191 e. The number of unbranched alkanes of at least 4 members (excludes halogenated alkanes) is 1. The van der Waals surface area contributed by atoms with Crippen molar-refractivity contribution < 1.29 is 0 Å². The number of hydrogen-bond donors (Lipinski definition) is 2. The first-order valence-corrected chi connectivity index (χ1v) is 8.19. The third kappa shape index (κ3) is 6.60. The molecule has 1 rings (SSSR count). The zero-order valence-electron chi connectivity index (χ0n) is 14.1. The third-order valence-corrected chi connectivity index (χ3v) is 3.77. The summed E-state index contributed by atoms with van der Waals surface area (Å²) in [4.78, 5) is 6.98. The first-order chi connectivity index (χ1) is 9.46. The van der Waals surface area contributed by atoms with E-state index in [1.54, 1.807) is 0 Å². The normalized spacial score (nSPS) is 21.9. The van der Waals surface area contributed by atoms with Crippen LogP contribution in [0.2, 0.25) is 0 Å². The molecule has 0 radical (unpaired) electrons. The quantitative estimate of drug-likeness (QED) is 0.601. The third-order valence-electron chi connectivity index (χ3n) is 3.77. The van der Waals surface area contributed by atoms with Crippen molar-refractivity contribution in [2.45, 2.75) is 71.4 Å². The van der Waals surface area contributed by atoms with Gasteiger partial charge in [0.2, 0.25) is 0 Å². The fourth-order valence-electron chi connectivity index (χ4n) is 2.70. The van der Waals surface area contributed by atoms with Crippen molar-refractivity contribution in [2.24, 2.45) is 4.99 Å². The lowest BCUT2D eigenvalue weighted by Crippen LogP contribution is -2.52. The maximum absolute atomic E-state index is 4.32. The fourth-order valence-corrected chi connectivity index (χ4v) is 2.70. The molecular weight excluding hydrogens is 248 g/mol. The van der Waals surface area contributed by atoms with E-state index in [0.29, 0.717) is 6.04 Å². The summed E-state index contributed by atoms with van der Waals surface area (Å²) in [7, 11) is 1.84. The van der Waals surface area contributed by atoms with Gasteiger partial charge in [0.25, 0.3) is 0 Å². The van der Waals surface area contributed by atoms with Crippen molar-refractivity contribution >= 4 is 5.96 Å². The molecule has 1 unspecified atom stereocenters. The molecule has 4 heteroatoms. The molecule has 1 atom stereocenters. The van der Waals surface area contributed by atoms with E-state index in [-0.39, 0.29) is 5.54 Å². The van der Waals surface area contributed by atoms with Crippen LogP contribution in [0.4, 0.5) is 0 Å². The summed E-state index contributed by atoms with van der Waals surface area (Å²) in [5.41, 5.74) is 0.0519. The highest BCUT2D eigenvalue weighted by Crippen LogP contribution is 2.17. The van der Waals surface area contributed by atoms with Gasteiger partial charge < -0.3 is 10.6 Å². The van der Waals surface area contributed by atoms with Gasteiger partial charge in [-0.05, 0) is 53.1 Å². The summed E-state index contributed by atoms with van der Waals surface area (Å²) in [6, 6.07) is 0.661. The molecule has 2 N–H and O–H groups in total. The van der Waals surface area contributed by atoms with Gasteiger partial charge in [-0.3, -0.25) is 9.89 Å². The maximum Gasteiger partial charge on any atom is 0.191 e. The van der Waals surface area contributed by atoms with Crippen LogP contribution in [0.1, 0.15) is 59.8 Å². The average Bonchev–Trinajstić information content (AvgIpc) is 2.40. The lowest BCUT2D eigenvalue weighted by atomic mass is 10.0. The molecular formula is C16H34N4. The van der Waals surface area contributed by atoms with E-state index in [4.69, 9.17) is 0 Å². The van der Waals surface area contributed by atoms with Gasteiger partial charge in [0.15, 0.2) is 5.96 Å². The van der Waals surface area contributed by atoms with E-state index < -0.39 is 0 Å². The molecule has 4 nitrogen and oxygen atoms in total. The van der Waals surface area contributed by atoms with Crippen LogP contribution in [-0.2, 0) is 0 Å². The molecule has 0 aliphatic carbocycles. The molecule has 0 spiro atoms. The Kier molecular flexibility index (Phi) is 7.35. The molecule has 1 aliphatic rings. The number of piperidine rings is 1. The number of hydrogen-bond acceptors (Lipinski definition) is 2. The molecule has 1 fully saturated rings. The Labute approximate surface area is 125 Å². The standard InChI is InChI=1S/C16H34N4/c1-6-7-11-20-12-9-8-10-14(20)13-18-15(17-5)19-16(2,3)4/h14H,6-13H2,1-5H3,(H2,17,18,19). The van der Waals surface area contributed by atoms with Crippen molar-refractivity contribution in [2.75, 3.05) is 26.7 Å². The predicted molar refractivity (Wildman–Crippen MR) is 88.4 cm³/mol. The molecule has 0 aromatic carbocycles. The van der Waals surface area contributed by atoms with Gasteiger partial charge in [-0.2, -0.15) is 0 Å². The van der Waals surface area contributed by atoms with Crippen LogP contribution in [0.25, 0.3) is 0 Å². The van der Waals surface area contributed by atoms with Crippen molar-refractivity contribution in [1.82, 2.24) is 15.5 Å². The second-order valence-corrected chi connectivity index (χ2v) is 6.87. The van der Waals surface area contributed by atoms with Gasteiger partial charge in [-0.1, -0.05) is 19.8 Å². The summed E-state index contributed by atoms with van der Waals surface area (Å²) < 4.78 is 0. The lowest BCUT2D eigenvalue weighted by molar-refractivity contribution is 0.147. The first-order valence-electron chi connectivity index (χ1n) is 8.19. The Bertz CT molecular complexity index is 293. The van der Waals surface area contributed by atoms with E-state index in [9.17, 15) is 0 Å². The molecule has 20 heavy (non-hydrogen) atoms. The minimum atomic E-state index is 0.0519. The lowest BCUT2D eigenvalue weighted by Gasteiger charge is -2.36. The van der Waals surface area contributed by atoms with E-state index >= 15 is 0 Å². The van der Waals surface area contributed by atoms with Crippen LogP contribution >= 0.6 is 0 Å². The summed E-state index contributed by atoms with van der Waals surface area (Å²) in [6.45, 7) is 12.3. The number of nitrogens with one attached hydrogen (secondary N) is 2. The van der Waals surface area contributed by atoms with E-state index in [0.717, 1.165) is 12.5 Å². The number of nitrogens with zero attached hydrogens (tertiary/aromatic N) is 2. The van der Waals surface area contributed by atoms with Crippen LogP contribution in [0.5, 0.6) is 0 Å². The van der Waals surface area contributed by atoms with E-state index in [2.05, 4.69) is 48.2 Å². The number of aliphatic imine (C=N–C) groups is 1. The zero-order valence-corrected chi connectivity index (χ0v) is 14.1. The number of rotatable bonds is 5. The van der Waals surface area contributed by atoms with Gasteiger partial charge in [-0.25, -0.2) is 0 Å². The zero-order chi connectivity index (χ0) is 15.0. The summed E-state index contributed by atoms with van der Waals surface area (Å²) >= 11 is 0. The molecule has 0 amide bonds. The van der Waals surface area contributed by atoms with Crippen molar-refractivity contribution in [1.29, 1.82) is 0 Å². The SMILES string of the molecule is CCCCN1CCCCC1CNC(=NC)NC(C)(C)C. The van der Waals surface area contributed by atoms with Crippen molar-refractivity contribution in [3.05, 3.63) is 0 Å². The minimum Gasteiger partial charge on any atom is -0.355 e. The summed E-state index contributed by atoms with van der Waals surface area (Å²) in [6.07, 6.45) is 6.62. The highest BCUT2D eigenvalue weighted by Gasteiger charge is 2.22. The number of guanidine groups is 1. The van der Waals surface area contributed by atoms with Gasteiger partial charge in [0, 0.05) is 25.2 Å². The Balaban J connectivity index is 2.44. The molecule has 0 aromatic rings. The van der Waals surface area contributed by atoms with Crippen LogP contribution in [-0.4, -0.2) is 49.1 Å². The second kappa shape index (κ2) is 8.50. The topological polar surface area (TPSA) is 39.7 Å². The van der Waals surface area contributed by atoms with Crippen LogP contribution < -0.4 is 10.6 Å². The summed E-state index contributed by atoms with van der Waals surface area (Å²) in [5, 5.41) is 6.92. The fraction of sp³-hybridized carbons (Fsp3) is 0.938. The van der Waals surface area contributed by atoms with Crippen LogP contribution in [0.15, 0.2) is 4.99 Å². The predicted octanol–water partition coefficient (Wildman–Crippen LogP) is 2.60. The summed E-state index contributed by atoms with van der Waals surface area (Å²) in [5.74, 6) is 0.915. The minimum absolute atomic E-state index is 0.0519. The maximum atomic E-state index is 4.32. The van der Waals surface area contributed by atoms with Gasteiger partial charge in [0.1, 0.15) is 0 Å². The molecule has 0 bridgehead atoms. The monoisotopic (exact) mass is 282 g/mol. The second-order valence-electron chi connectivity index (χ2n) is 6.87. The van der Waals surface area contributed by atoms with Gasteiger partial charge >= 0.3 is 0 Å². The Morgan fingerprint density at radius 3 is 2.65 bits per heavy atom. The molecule has 0 aromatic heterocycles. The van der Waals surface area contributed by atoms with Gasteiger partial charge in [0.05, 0.1) is 0 Å². The Hall–Kier alpha value is -0.770. The Morgan fingerprint density at radius 1 is 1.30 bits per heavy atom. The molecule has 1 aliphatic heterocycles. The molecule has 1 saturated heterocycles. The van der Waals surface area contributed by atoms with Crippen LogP contribution in [0.3, 0.4) is 0 Å². The van der Waals surface area contributed by atoms with E-state index in [1.807, 2.05) is 7.05 Å². The molecule has 1 heterocycles. The highest BCUT2D eigenvalue weighted by atomic mass is 15.2. The van der Waals surface area contributed by atoms with Crippen LogP contribution in [0, 0.1) is 0 Å².